The predicted octanol–water partition coefficient (Wildman–Crippen LogP) is 1.67. The summed E-state index contributed by atoms with van der Waals surface area (Å²) in [7, 11) is 0. The van der Waals surface area contributed by atoms with Gasteiger partial charge in [-0.15, -0.1) is 0 Å². The zero-order chi connectivity index (χ0) is 22.6. The Labute approximate surface area is 182 Å². The molecule has 11 heteroatoms. The number of hydrogen-bond acceptors (Lipinski definition) is 7. The first-order valence-electron chi connectivity index (χ1n) is 9.21. The van der Waals surface area contributed by atoms with Gasteiger partial charge in [0.1, 0.15) is 11.8 Å². The molecular weight excluding hydrogens is 424 g/mol. The number of hydrazine groups is 1. The number of carbonyl (C=O) groups is 3. The molecule has 0 aliphatic rings. The van der Waals surface area contributed by atoms with Gasteiger partial charge in [0.2, 0.25) is 0 Å². The van der Waals surface area contributed by atoms with Gasteiger partial charge in [-0.3, -0.25) is 35.3 Å². The molecule has 0 aliphatic carbocycles. The fourth-order valence-corrected chi connectivity index (χ4v) is 2.92. The summed E-state index contributed by atoms with van der Waals surface area (Å²) < 4.78 is 5.37. The van der Waals surface area contributed by atoms with Crippen molar-refractivity contribution in [3.63, 3.8) is 0 Å². The monoisotopic (exact) mass is 446 g/mol. The van der Waals surface area contributed by atoms with Crippen molar-refractivity contribution in [3.8, 4) is 5.75 Å². The highest BCUT2D eigenvalue weighted by atomic mass is 32.2. The highest BCUT2D eigenvalue weighted by molar-refractivity contribution is 7.98. The Morgan fingerprint density at radius 3 is 2.52 bits per heavy atom. The van der Waals surface area contributed by atoms with Crippen LogP contribution < -0.4 is 20.9 Å². The average Bonchev–Trinajstić information content (AvgIpc) is 2.79. The number of non-ortho nitro benzene ring substituents is 1. The van der Waals surface area contributed by atoms with Gasteiger partial charge in [0.15, 0.2) is 6.61 Å². The number of para-hydroxylation sites is 1. The number of nitro groups is 1. The van der Waals surface area contributed by atoms with E-state index in [4.69, 9.17) is 4.74 Å². The molecule has 0 aliphatic heterocycles. The molecule has 0 saturated carbocycles. The van der Waals surface area contributed by atoms with Crippen molar-refractivity contribution in [3.05, 3.63) is 70.3 Å². The number of thioether (sulfide) groups is 1. The molecule has 10 nitrogen and oxygen atoms in total. The molecule has 31 heavy (non-hydrogen) atoms. The van der Waals surface area contributed by atoms with Crippen molar-refractivity contribution in [2.24, 2.45) is 0 Å². The van der Waals surface area contributed by atoms with Crippen LogP contribution >= 0.6 is 11.8 Å². The number of amides is 3. The summed E-state index contributed by atoms with van der Waals surface area (Å²) in [6.45, 7) is -0.271. The maximum atomic E-state index is 12.5. The van der Waals surface area contributed by atoms with Crippen LogP contribution in [0.5, 0.6) is 5.75 Å². The molecular formula is C20H22N4O6S. The highest BCUT2D eigenvalue weighted by Gasteiger charge is 2.21. The standard InChI is InChI=1S/C20H22N4O6S/c1-31-11-10-17(21-18(25)13-30-16-8-3-2-4-9-16)20(27)23-22-19(26)14-6-5-7-15(12-14)24(28)29/h2-9,12,17H,10-11,13H2,1H3,(H,21,25)(H,22,26)(H,23,27). The minimum Gasteiger partial charge on any atom is -0.484 e. The lowest BCUT2D eigenvalue weighted by Crippen LogP contribution is -2.53. The van der Waals surface area contributed by atoms with Gasteiger partial charge in [-0.25, -0.2) is 0 Å². The lowest BCUT2D eigenvalue weighted by atomic mass is 10.2. The fourth-order valence-electron chi connectivity index (χ4n) is 2.44. The second-order valence-corrected chi connectivity index (χ2v) is 7.24. The number of benzene rings is 2. The molecule has 0 bridgehead atoms. The zero-order valence-corrected chi connectivity index (χ0v) is 17.5. The highest BCUT2D eigenvalue weighted by Crippen LogP contribution is 2.12. The van der Waals surface area contributed by atoms with E-state index in [0.29, 0.717) is 17.9 Å². The van der Waals surface area contributed by atoms with Gasteiger partial charge in [0.25, 0.3) is 23.4 Å². The maximum Gasteiger partial charge on any atom is 0.270 e. The van der Waals surface area contributed by atoms with Crippen LogP contribution in [0.2, 0.25) is 0 Å². The first kappa shape index (κ1) is 23.7. The van der Waals surface area contributed by atoms with Crippen molar-refractivity contribution in [2.75, 3.05) is 18.6 Å². The van der Waals surface area contributed by atoms with Gasteiger partial charge in [-0.2, -0.15) is 11.8 Å². The van der Waals surface area contributed by atoms with Crippen LogP contribution in [0.1, 0.15) is 16.8 Å². The van der Waals surface area contributed by atoms with E-state index in [-0.39, 0.29) is 17.9 Å². The minimum absolute atomic E-state index is 0.00969. The van der Waals surface area contributed by atoms with E-state index in [0.717, 1.165) is 6.07 Å². The van der Waals surface area contributed by atoms with Crippen molar-refractivity contribution in [2.45, 2.75) is 12.5 Å². The summed E-state index contributed by atoms with van der Waals surface area (Å²) in [5, 5.41) is 13.4. The molecule has 0 aromatic heterocycles. The van der Waals surface area contributed by atoms with Gasteiger partial charge in [0, 0.05) is 17.7 Å². The molecule has 1 unspecified atom stereocenters. The molecule has 0 spiro atoms. The molecule has 1 atom stereocenters. The summed E-state index contributed by atoms with van der Waals surface area (Å²) in [6.07, 6.45) is 2.19. The van der Waals surface area contributed by atoms with Gasteiger partial charge < -0.3 is 10.1 Å². The van der Waals surface area contributed by atoms with Crippen LogP contribution in [0.4, 0.5) is 5.69 Å². The molecule has 0 fully saturated rings. The smallest absolute Gasteiger partial charge is 0.270 e. The topological polar surface area (TPSA) is 140 Å². The van der Waals surface area contributed by atoms with Crippen molar-refractivity contribution in [1.82, 2.24) is 16.2 Å². The van der Waals surface area contributed by atoms with Crippen molar-refractivity contribution >= 4 is 35.2 Å². The predicted molar refractivity (Wildman–Crippen MR) is 116 cm³/mol. The van der Waals surface area contributed by atoms with E-state index in [1.807, 2.05) is 12.3 Å². The van der Waals surface area contributed by atoms with Crippen molar-refractivity contribution in [1.29, 1.82) is 0 Å². The molecule has 3 amide bonds. The average molecular weight is 446 g/mol. The Bertz CT molecular complexity index is 925. The number of nitro benzene ring substituents is 1. The lowest BCUT2D eigenvalue weighted by Gasteiger charge is -2.18. The molecule has 3 N–H and O–H groups in total. The van der Waals surface area contributed by atoms with E-state index in [9.17, 15) is 24.5 Å². The van der Waals surface area contributed by atoms with Crippen LogP contribution in [0, 0.1) is 10.1 Å². The Balaban J connectivity index is 1.91. The summed E-state index contributed by atoms with van der Waals surface area (Å²) in [5.74, 6) is -0.723. The number of nitrogens with zero attached hydrogens (tertiary/aromatic N) is 1. The molecule has 0 radical (unpaired) electrons. The van der Waals surface area contributed by atoms with Gasteiger partial charge in [0.05, 0.1) is 4.92 Å². The molecule has 2 aromatic rings. The number of nitrogens with one attached hydrogen (secondary N) is 3. The molecule has 0 saturated heterocycles. The Hall–Kier alpha value is -3.60. The number of hydrogen-bond donors (Lipinski definition) is 3. The van der Waals surface area contributed by atoms with Crippen LogP contribution in [-0.2, 0) is 9.59 Å². The third-order valence-electron chi connectivity index (χ3n) is 3.99. The third kappa shape index (κ3) is 7.97. The maximum absolute atomic E-state index is 12.5. The van der Waals surface area contributed by atoms with Crippen LogP contribution in [-0.4, -0.2) is 47.3 Å². The van der Waals surface area contributed by atoms with Gasteiger partial charge in [-0.05, 0) is 36.6 Å². The second-order valence-electron chi connectivity index (χ2n) is 6.25. The second kappa shape index (κ2) is 12.2. The first-order chi connectivity index (χ1) is 14.9. The van der Waals surface area contributed by atoms with Crippen LogP contribution in [0.15, 0.2) is 54.6 Å². The first-order valence-corrected chi connectivity index (χ1v) is 10.6. The van der Waals surface area contributed by atoms with E-state index >= 15 is 0 Å². The third-order valence-corrected chi connectivity index (χ3v) is 4.64. The molecule has 0 heterocycles. The van der Waals surface area contributed by atoms with E-state index in [1.165, 1.54) is 30.0 Å². The lowest BCUT2D eigenvalue weighted by molar-refractivity contribution is -0.384. The Morgan fingerprint density at radius 1 is 1.10 bits per heavy atom. The minimum atomic E-state index is -0.898. The summed E-state index contributed by atoms with van der Waals surface area (Å²) in [6, 6.07) is 12.9. The quantitative estimate of drug-likeness (QED) is 0.373. The van der Waals surface area contributed by atoms with E-state index < -0.39 is 28.7 Å². The summed E-state index contributed by atoms with van der Waals surface area (Å²) >= 11 is 1.50. The Kier molecular flexibility index (Phi) is 9.30. The summed E-state index contributed by atoms with van der Waals surface area (Å²) in [4.78, 5) is 47.0. The van der Waals surface area contributed by atoms with E-state index in [2.05, 4.69) is 16.2 Å². The fraction of sp³-hybridized carbons (Fsp3) is 0.250. The van der Waals surface area contributed by atoms with Gasteiger partial charge >= 0.3 is 0 Å². The Morgan fingerprint density at radius 2 is 1.84 bits per heavy atom. The number of rotatable bonds is 10. The SMILES string of the molecule is CSCCC(NC(=O)COc1ccccc1)C(=O)NNC(=O)c1cccc([N+](=O)[O-])c1. The zero-order valence-electron chi connectivity index (χ0n) is 16.7. The van der Waals surface area contributed by atoms with Crippen molar-refractivity contribution < 1.29 is 24.0 Å². The largest absolute Gasteiger partial charge is 0.484 e. The van der Waals surface area contributed by atoms with E-state index in [1.54, 1.807) is 24.3 Å². The molecule has 2 aromatic carbocycles. The number of ether oxygens (including phenoxy) is 1. The normalized spacial score (nSPS) is 11.1. The summed E-state index contributed by atoms with van der Waals surface area (Å²) in [5.41, 5.74) is 4.21. The van der Waals surface area contributed by atoms with Crippen LogP contribution in [0.3, 0.4) is 0 Å². The molecule has 2 rings (SSSR count). The molecule has 164 valence electrons. The van der Waals surface area contributed by atoms with Crippen LogP contribution in [0.25, 0.3) is 0 Å². The van der Waals surface area contributed by atoms with Gasteiger partial charge in [-0.1, -0.05) is 24.3 Å². The number of carbonyl (C=O) groups excluding carboxylic acids is 3.